The van der Waals surface area contributed by atoms with Crippen LogP contribution in [0.4, 0.5) is 0 Å². The summed E-state index contributed by atoms with van der Waals surface area (Å²) in [7, 11) is 0. The Labute approximate surface area is 121 Å². The summed E-state index contributed by atoms with van der Waals surface area (Å²) >= 11 is 0. The van der Waals surface area contributed by atoms with Crippen LogP contribution in [-0.2, 0) is 9.47 Å². The molecule has 7 nitrogen and oxygen atoms in total. The molecule has 1 fully saturated rings. The van der Waals surface area contributed by atoms with Crippen LogP contribution in [0, 0.1) is 0 Å². The SMILES string of the molecule is O=C(OCC1CCCCO1)c1cccc(-n2cnnn2)c1. The van der Waals surface area contributed by atoms with Crippen molar-refractivity contribution in [3.05, 3.63) is 36.2 Å². The van der Waals surface area contributed by atoms with Crippen LogP contribution >= 0.6 is 0 Å². The maximum absolute atomic E-state index is 12.1. The van der Waals surface area contributed by atoms with E-state index >= 15 is 0 Å². The van der Waals surface area contributed by atoms with E-state index in [4.69, 9.17) is 9.47 Å². The molecule has 1 aliphatic rings. The Kier molecular flexibility index (Phi) is 4.20. The number of benzene rings is 1. The highest BCUT2D eigenvalue weighted by Gasteiger charge is 2.17. The highest BCUT2D eigenvalue weighted by atomic mass is 16.6. The fraction of sp³-hybridized carbons (Fsp3) is 0.429. The average Bonchev–Trinajstić information content (AvgIpc) is 3.08. The van der Waals surface area contributed by atoms with Gasteiger partial charge in [0.2, 0.25) is 0 Å². The van der Waals surface area contributed by atoms with E-state index in [9.17, 15) is 4.79 Å². The Morgan fingerprint density at radius 3 is 3.14 bits per heavy atom. The number of carbonyl (C=O) groups is 1. The van der Waals surface area contributed by atoms with Crippen LogP contribution in [-0.4, -0.2) is 45.5 Å². The van der Waals surface area contributed by atoms with Crippen molar-refractivity contribution < 1.29 is 14.3 Å². The number of hydrogen-bond donors (Lipinski definition) is 0. The third-order valence-corrected chi connectivity index (χ3v) is 3.37. The number of tetrazole rings is 1. The van der Waals surface area contributed by atoms with Gasteiger partial charge in [-0.05, 0) is 47.9 Å². The molecule has 1 saturated heterocycles. The number of nitrogens with zero attached hydrogens (tertiary/aromatic N) is 4. The minimum atomic E-state index is -0.362. The molecule has 0 radical (unpaired) electrons. The summed E-state index contributed by atoms with van der Waals surface area (Å²) in [5.41, 5.74) is 1.18. The molecule has 1 aliphatic heterocycles. The quantitative estimate of drug-likeness (QED) is 0.791. The minimum absolute atomic E-state index is 0.0189. The summed E-state index contributed by atoms with van der Waals surface area (Å²) in [6, 6.07) is 6.99. The first-order valence-corrected chi connectivity index (χ1v) is 6.95. The third-order valence-electron chi connectivity index (χ3n) is 3.37. The molecule has 1 atom stereocenters. The van der Waals surface area contributed by atoms with Crippen LogP contribution in [0.5, 0.6) is 0 Å². The summed E-state index contributed by atoms with van der Waals surface area (Å²) in [6.07, 6.45) is 4.64. The lowest BCUT2D eigenvalue weighted by atomic mass is 10.1. The van der Waals surface area contributed by atoms with Crippen molar-refractivity contribution in [3.63, 3.8) is 0 Å². The predicted molar refractivity (Wildman–Crippen MR) is 73.0 cm³/mol. The largest absolute Gasteiger partial charge is 0.459 e. The van der Waals surface area contributed by atoms with Gasteiger partial charge in [-0.25, -0.2) is 9.48 Å². The zero-order valence-corrected chi connectivity index (χ0v) is 11.5. The predicted octanol–water partition coefficient (Wildman–Crippen LogP) is 1.39. The van der Waals surface area contributed by atoms with Gasteiger partial charge in [-0.15, -0.1) is 5.10 Å². The van der Waals surface area contributed by atoms with E-state index in [1.165, 1.54) is 11.0 Å². The topological polar surface area (TPSA) is 79.1 Å². The molecule has 0 N–H and O–H groups in total. The maximum atomic E-state index is 12.1. The first kappa shape index (κ1) is 13.7. The fourth-order valence-corrected chi connectivity index (χ4v) is 2.25. The van der Waals surface area contributed by atoms with Crippen molar-refractivity contribution in [2.24, 2.45) is 0 Å². The highest BCUT2D eigenvalue weighted by molar-refractivity contribution is 5.90. The van der Waals surface area contributed by atoms with Gasteiger partial charge in [0, 0.05) is 6.61 Å². The van der Waals surface area contributed by atoms with Crippen LogP contribution in [0.3, 0.4) is 0 Å². The number of carbonyl (C=O) groups excluding carboxylic acids is 1. The van der Waals surface area contributed by atoms with Crippen LogP contribution in [0.1, 0.15) is 29.6 Å². The van der Waals surface area contributed by atoms with Crippen LogP contribution in [0.25, 0.3) is 5.69 Å². The van der Waals surface area contributed by atoms with Crippen molar-refractivity contribution in [3.8, 4) is 5.69 Å². The second-order valence-electron chi connectivity index (χ2n) is 4.89. The molecule has 1 unspecified atom stereocenters. The Balaban J connectivity index is 1.63. The zero-order valence-electron chi connectivity index (χ0n) is 11.5. The Morgan fingerprint density at radius 1 is 1.43 bits per heavy atom. The van der Waals surface area contributed by atoms with Gasteiger partial charge < -0.3 is 9.47 Å². The van der Waals surface area contributed by atoms with Crippen molar-refractivity contribution in [2.75, 3.05) is 13.2 Å². The summed E-state index contributed by atoms with van der Waals surface area (Å²) < 4.78 is 12.3. The third kappa shape index (κ3) is 3.43. The van der Waals surface area contributed by atoms with Crippen LogP contribution < -0.4 is 0 Å². The molecule has 2 aromatic rings. The number of aromatic nitrogens is 4. The molecule has 21 heavy (non-hydrogen) atoms. The standard InChI is InChI=1S/C14H16N4O3/c19-14(21-9-13-6-1-2-7-20-13)11-4-3-5-12(8-11)18-10-15-16-17-18/h3-5,8,10,13H,1-2,6-7,9H2. The monoisotopic (exact) mass is 288 g/mol. The molecular weight excluding hydrogens is 272 g/mol. The van der Waals surface area contributed by atoms with Gasteiger partial charge in [-0.2, -0.15) is 0 Å². The number of hydrogen-bond acceptors (Lipinski definition) is 6. The molecule has 0 aliphatic carbocycles. The summed E-state index contributed by atoms with van der Waals surface area (Å²) in [4.78, 5) is 12.1. The Morgan fingerprint density at radius 2 is 2.38 bits per heavy atom. The van der Waals surface area contributed by atoms with Crippen LogP contribution in [0.2, 0.25) is 0 Å². The Bertz CT molecular complexity index is 594. The van der Waals surface area contributed by atoms with Gasteiger partial charge in [-0.3, -0.25) is 0 Å². The molecular formula is C14H16N4O3. The molecule has 2 heterocycles. The van der Waals surface area contributed by atoms with E-state index in [0.717, 1.165) is 25.9 Å². The Hall–Kier alpha value is -2.28. The molecule has 0 saturated carbocycles. The minimum Gasteiger partial charge on any atom is -0.459 e. The summed E-state index contributed by atoms with van der Waals surface area (Å²) in [6.45, 7) is 1.05. The van der Waals surface area contributed by atoms with E-state index in [1.807, 2.05) is 6.07 Å². The second-order valence-corrected chi connectivity index (χ2v) is 4.89. The van der Waals surface area contributed by atoms with Crippen molar-refractivity contribution in [2.45, 2.75) is 25.4 Å². The number of esters is 1. The van der Waals surface area contributed by atoms with Gasteiger partial charge in [0.25, 0.3) is 0 Å². The van der Waals surface area contributed by atoms with E-state index in [1.54, 1.807) is 18.2 Å². The van der Waals surface area contributed by atoms with E-state index in [2.05, 4.69) is 15.5 Å². The van der Waals surface area contributed by atoms with Crippen molar-refractivity contribution >= 4 is 5.97 Å². The molecule has 1 aromatic heterocycles. The van der Waals surface area contributed by atoms with Gasteiger partial charge in [0.1, 0.15) is 12.9 Å². The lowest BCUT2D eigenvalue weighted by Gasteiger charge is -2.22. The second kappa shape index (κ2) is 6.45. The molecule has 1 aromatic carbocycles. The number of rotatable bonds is 4. The van der Waals surface area contributed by atoms with E-state index < -0.39 is 0 Å². The summed E-state index contributed by atoms with van der Waals surface area (Å²) in [5, 5.41) is 10.9. The molecule has 0 bridgehead atoms. The average molecular weight is 288 g/mol. The van der Waals surface area contributed by atoms with Gasteiger partial charge in [-0.1, -0.05) is 6.07 Å². The van der Waals surface area contributed by atoms with Gasteiger partial charge in [0.15, 0.2) is 0 Å². The lowest BCUT2D eigenvalue weighted by Crippen LogP contribution is -2.26. The van der Waals surface area contributed by atoms with E-state index in [-0.39, 0.29) is 12.1 Å². The molecule has 0 spiro atoms. The zero-order chi connectivity index (χ0) is 14.5. The maximum Gasteiger partial charge on any atom is 0.338 e. The smallest absolute Gasteiger partial charge is 0.338 e. The van der Waals surface area contributed by atoms with Gasteiger partial charge >= 0.3 is 5.97 Å². The molecule has 3 rings (SSSR count). The van der Waals surface area contributed by atoms with Crippen LogP contribution in [0.15, 0.2) is 30.6 Å². The number of ether oxygens (including phenoxy) is 2. The fourth-order valence-electron chi connectivity index (χ4n) is 2.25. The lowest BCUT2D eigenvalue weighted by molar-refractivity contribution is -0.0300. The molecule has 7 heteroatoms. The molecule has 0 amide bonds. The first-order chi connectivity index (χ1) is 10.3. The van der Waals surface area contributed by atoms with Crippen molar-refractivity contribution in [1.29, 1.82) is 0 Å². The normalized spacial score (nSPS) is 18.4. The first-order valence-electron chi connectivity index (χ1n) is 6.95. The van der Waals surface area contributed by atoms with E-state index in [0.29, 0.717) is 17.9 Å². The highest BCUT2D eigenvalue weighted by Crippen LogP contribution is 2.14. The van der Waals surface area contributed by atoms with Crippen molar-refractivity contribution in [1.82, 2.24) is 20.2 Å². The molecule has 110 valence electrons. The van der Waals surface area contributed by atoms with Gasteiger partial charge in [0.05, 0.1) is 17.4 Å². The summed E-state index contributed by atoms with van der Waals surface area (Å²) in [5.74, 6) is -0.362.